The van der Waals surface area contributed by atoms with E-state index in [4.69, 9.17) is 23.4 Å². The molecular weight excluding hydrogens is 1000 g/mol. The van der Waals surface area contributed by atoms with Crippen molar-refractivity contribution in [1.29, 1.82) is 0 Å². The van der Waals surface area contributed by atoms with Gasteiger partial charge in [0, 0.05) is 81.6 Å². The Hall–Kier alpha value is -7.61. The molecule has 1 N–H and O–H groups in total. The minimum Gasteiger partial charge on any atom is -0.405 e. The van der Waals surface area contributed by atoms with Gasteiger partial charge in [-0.25, -0.2) is 0 Å². The number of carbonyl (C=O) groups excluding carboxylic acids is 1. The van der Waals surface area contributed by atoms with Gasteiger partial charge in [-0.15, -0.1) is 0 Å². The van der Waals surface area contributed by atoms with Gasteiger partial charge in [0.05, 0.1) is 25.4 Å². The second kappa shape index (κ2) is 36.5. The fourth-order valence-corrected chi connectivity index (χ4v) is 14.1. The van der Waals surface area contributed by atoms with Crippen molar-refractivity contribution in [2.24, 2.45) is 17.8 Å². The normalized spacial score (nSPS) is 19.4. The molecule has 2 aromatic rings. The fourth-order valence-electron chi connectivity index (χ4n) is 9.49. The lowest BCUT2D eigenvalue weighted by atomic mass is 9.79. The molecule has 0 radical (unpaired) electrons. The monoisotopic (exact) mass is 1130 g/mol. The highest BCUT2D eigenvalue weighted by molar-refractivity contribution is 6.99. The van der Waals surface area contributed by atoms with Crippen LogP contribution in [0.1, 0.15) is 174 Å². The molecule has 8 heteroatoms. The minimum absolute atomic E-state index is 0. The molecule has 0 spiro atoms. The largest absolute Gasteiger partial charge is 0.405 e. The summed E-state index contributed by atoms with van der Waals surface area (Å²) in [5, 5.41) is 5.31. The van der Waals surface area contributed by atoms with Gasteiger partial charge in [0.2, 0.25) is 0 Å². The van der Waals surface area contributed by atoms with E-state index in [0.29, 0.717) is 6.61 Å². The van der Waals surface area contributed by atoms with Crippen LogP contribution in [0.15, 0.2) is 72.8 Å². The van der Waals surface area contributed by atoms with Gasteiger partial charge in [0.1, 0.15) is 12.2 Å². The first-order chi connectivity index (χ1) is 38.7. The highest BCUT2D eigenvalue weighted by atomic mass is 28.4. The van der Waals surface area contributed by atoms with Crippen molar-refractivity contribution in [1.82, 2.24) is 5.32 Å². The van der Waals surface area contributed by atoms with E-state index in [2.05, 4.69) is 269 Å². The summed E-state index contributed by atoms with van der Waals surface area (Å²) in [6, 6.07) is 20.6. The number of carbonyl (C=O) groups is 1. The molecule has 2 heterocycles. The second-order valence-electron chi connectivity index (χ2n) is 21.1. The van der Waals surface area contributed by atoms with Gasteiger partial charge in [0.25, 0.3) is 14.2 Å². The summed E-state index contributed by atoms with van der Waals surface area (Å²) in [4.78, 5) is 13.6. The van der Waals surface area contributed by atoms with Gasteiger partial charge < -0.3 is 28.7 Å². The maximum absolute atomic E-state index is 13.6. The molecule has 0 aromatic heterocycles. The van der Waals surface area contributed by atoms with Crippen LogP contribution in [0, 0.1) is 160 Å². The van der Waals surface area contributed by atoms with Crippen LogP contribution >= 0.6 is 0 Å². The van der Waals surface area contributed by atoms with E-state index in [1.807, 2.05) is 13.8 Å². The average molecular weight is 1130 g/mol. The number of benzene rings is 2. The van der Waals surface area contributed by atoms with Crippen LogP contribution in [-0.4, -0.2) is 63.9 Å². The van der Waals surface area contributed by atoms with Crippen LogP contribution in [0.4, 0.5) is 0 Å². The molecule has 2 aliphatic rings. The molecular formula is C72H125NO6Si. The van der Waals surface area contributed by atoms with Crippen LogP contribution < -0.4 is 15.7 Å². The minimum atomic E-state index is -2.85. The van der Waals surface area contributed by atoms with Crippen molar-refractivity contribution in [3.63, 3.8) is 0 Å². The molecule has 80 heavy (non-hydrogen) atoms. The predicted molar refractivity (Wildman–Crippen MR) is 377 cm³/mol. The lowest BCUT2D eigenvalue weighted by Crippen LogP contribution is -2.67. The van der Waals surface area contributed by atoms with Crippen molar-refractivity contribution in [3.8, 4) is 142 Å². The topological polar surface area (TPSA) is 75.3 Å². The van der Waals surface area contributed by atoms with E-state index in [-0.39, 0.29) is 69.7 Å². The summed E-state index contributed by atoms with van der Waals surface area (Å²) in [5.74, 6) is 60.7. The third-order valence-electron chi connectivity index (χ3n) is 13.8. The van der Waals surface area contributed by atoms with Gasteiger partial charge in [-0.2, -0.15) is 0 Å². The summed E-state index contributed by atoms with van der Waals surface area (Å²) in [5.41, 5.74) is 0. The third-order valence-corrected chi connectivity index (χ3v) is 18.8. The van der Waals surface area contributed by atoms with Gasteiger partial charge in [-0.3, -0.25) is 4.79 Å². The number of hydrogen-bond donors (Lipinski definition) is 1. The molecule has 0 aliphatic carbocycles. The standard InChI is InChI=1S/C72H77NO6Si.24H2/c1-11-13-15-17-19-21-23-25-26-27-28-29-30-31-32-33-34-35-37-39-41-43-51-57-68(74)73-65(69-66(78-72(9,10)79-69)56-50-42-40-38-36-24-22-20-18-16-14-12-2)58-75-70-62(5)60(3)61(4)67(77-70)59-76-80(71(6,7)8,63-52-46-44-47-53-63)64-54-48-45-49-55-64;;;;;;;;;;;;;;;;;;;;;;;;/h44-50,52-56,60-62,65-67,69-70H,12,14,16,18,20,22,24,36,38,40,42,58-59H2,1-10H3,(H,73,74);24*1H/t60-,61+,62?,65-,66+,67?,69-,70-;;;;;;;;;;;;;;;;;;;;;;;;/m0......................../s1. The van der Waals surface area contributed by atoms with Crippen molar-refractivity contribution < 1.29 is 62.4 Å². The maximum atomic E-state index is 13.6. The Morgan fingerprint density at radius 1 is 0.637 bits per heavy atom. The Labute approximate surface area is 518 Å². The van der Waals surface area contributed by atoms with E-state index in [0.717, 1.165) is 12.8 Å². The molecule has 2 aliphatic heterocycles. The van der Waals surface area contributed by atoms with Gasteiger partial charge in [-0.1, -0.05) is 185 Å². The van der Waals surface area contributed by atoms with Crippen LogP contribution in [0.3, 0.4) is 0 Å². The zero-order valence-corrected chi connectivity index (χ0v) is 49.7. The van der Waals surface area contributed by atoms with Crippen molar-refractivity contribution in [2.45, 2.75) is 181 Å². The molecule has 2 aromatic carbocycles. The second-order valence-corrected chi connectivity index (χ2v) is 25.4. The number of unbranched alkanes of at least 4 members (excludes halogenated alkanes) is 10. The lowest BCUT2D eigenvalue weighted by Gasteiger charge is -2.47. The Kier molecular flexibility index (Phi) is 29.6. The first kappa shape index (κ1) is 64.9. The number of nitrogens with one attached hydrogen (secondary N) is 1. The highest BCUT2D eigenvalue weighted by Crippen LogP contribution is 2.40. The van der Waals surface area contributed by atoms with E-state index >= 15 is 0 Å². The average Bonchev–Trinajstić information content (AvgIpc) is 0.937. The first-order valence-corrected chi connectivity index (χ1v) is 29.9. The van der Waals surface area contributed by atoms with Gasteiger partial charge >= 0.3 is 0 Å². The molecule has 8 atom stereocenters. The zero-order chi connectivity index (χ0) is 57.7. The van der Waals surface area contributed by atoms with Crippen molar-refractivity contribution in [3.05, 3.63) is 72.8 Å². The van der Waals surface area contributed by atoms with E-state index in [1.165, 1.54) is 68.2 Å². The van der Waals surface area contributed by atoms with Crippen LogP contribution in [-0.2, 0) is 28.2 Å². The van der Waals surface area contributed by atoms with E-state index in [1.54, 1.807) is 6.92 Å². The number of rotatable bonds is 22. The molecule has 458 valence electrons. The SMILES string of the molecule is CC#CC#CC#CC#CC#CC#CC#CC#CC#CC#CC#CC#CC(=O)N[C@@H](CO[C@H]1OC(CO[Si](c2ccccc2)(c2ccccc2)C(C)(C)C)[C@H](C)[C@H](C)C1C)[C@@H]1OC(C)(C)O[C@@H]1C=CCCCCCCCCCCCC.[HH].[HH].[HH].[HH].[HH].[HH].[HH].[HH].[HH].[HH].[HH].[HH].[HH].[HH].[HH].[HH].[HH].[HH].[HH].[HH].[HH].[HH].[HH].[HH]. The van der Waals surface area contributed by atoms with E-state index < -0.39 is 44.6 Å². The molecule has 2 fully saturated rings. The fraction of sp³-hybridized carbons (Fsp3) is 0.458. The molecule has 0 saturated carbocycles. The van der Waals surface area contributed by atoms with Crippen LogP contribution in [0.2, 0.25) is 5.04 Å². The lowest BCUT2D eigenvalue weighted by molar-refractivity contribution is -0.256. The van der Waals surface area contributed by atoms with Crippen LogP contribution in [0.5, 0.6) is 0 Å². The van der Waals surface area contributed by atoms with Crippen LogP contribution in [0.25, 0.3) is 0 Å². The smallest absolute Gasteiger partial charge is 0.297 e. The summed E-state index contributed by atoms with van der Waals surface area (Å²) in [6.07, 6.45) is 16.0. The first-order valence-electron chi connectivity index (χ1n) is 28.0. The Morgan fingerprint density at radius 3 is 1.55 bits per heavy atom. The maximum Gasteiger partial charge on any atom is 0.297 e. The van der Waals surface area contributed by atoms with Crippen molar-refractivity contribution >= 4 is 24.6 Å². The molecule has 0 bridgehead atoms. The Bertz CT molecular complexity index is 3210. The molecule has 2 unspecified atom stereocenters. The van der Waals surface area contributed by atoms with Gasteiger partial charge in [0.15, 0.2) is 12.1 Å². The molecule has 2 saturated heterocycles. The molecule has 4 rings (SSSR count). The summed E-state index contributed by atoms with van der Waals surface area (Å²) >= 11 is 0. The quantitative estimate of drug-likeness (QED) is 0.0548. The Balaban J connectivity index is -0.000000151. The van der Waals surface area contributed by atoms with Crippen molar-refractivity contribution in [2.75, 3.05) is 13.2 Å². The number of allylic oxidation sites excluding steroid dienone is 1. The Morgan fingerprint density at radius 2 is 1.09 bits per heavy atom. The molecule has 7 nitrogen and oxygen atoms in total. The summed E-state index contributed by atoms with van der Waals surface area (Å²) in [6.45, 7) is 21.7. The highest BCUT2D eigenvalue weighted by Gasteiger charge is 2.52. The summed E-state index contributed by atoms with van der Waals surface area (Å²) < 4.78 is 34.2. The third kappa shape index (κ3) is 23.0. The molecule has 1 amide bonds. The predicted octanol–water partition coefficient (Wildman–Crippen LogP) is 16.0. The van der Waals surface area contributed by atoms with E-state index in [9.17, 15) is 4.79 Å². The summed E-state index contributed by atoms with van der Waals surface area (Å²) in [7, 11) is -2.85. The number of ether oxygens (including phenoxy) is 4. The van der Waals surface area contributed by atoms with Gasteiger partial charge in [-0.05, 0) is 156 Å². The number of hydrogen-bond acceptors (Lipinski definition) is 6. The number of amides is 1. The zero-order valence-electron chi connectivity index (χ0n) is 48.7.